The van der Waals surface area contributed by atoms with Gasteiger partial charge >= 0.3 is 0 Å². The second-order valence-corrected chi connectivity index (χ2v) is 3.11. The summed E-state index contributed by atoms with van der Waals surface area (Å²) in [4.78, 5) is 0. The number of rotatable bonds is 1. The van der Waals surface area contributed by atoms with Gasteiger partial charge in [0.1, 0.15) is 5.82 Å². The first-order chi connectivity index (χ1) is 6.24. The number of nitrogens with zero attached hydrogens (tertiary/aromatic N) is 1. The number of halogens is 1. The van der Waals surface area contributed by atoms with E-state index in [2.05, 4.69) is 10.2 Å². The Morgan fingerprint density at radius 3 is 2.92 bits per heavy atom. The molecule has 0 atom stereocenters. The Balaban J connectivity index is 2.85. The van der Waals surface area contributed by atoms with E-state index in [9.17, 15) is 4.39 Å². The van der Waals surface area contributed by atoms with Crippen LogP contribution >= 0.6 is 0 Å². The van der Waals surface area contributed by atoms with Crippen molar-refractivity contribution in [1.82, 2.24) is 10.2 Å². The molecule has 0 bridgehead atoms. The first-order valence-electron chi connectivity index (χ1n) is 4.36. The van der Waals surface area contributed by atoms with Crippen LogP contribution in [0.3, 0.4) is 0 Å². The van der Waals surface area contributed by atoms with Gasteiger partial charge < -0.3 is 0 Å². The third-order valence-corrected chi connectivity index (χ3v) is 2.33. The predicted molar refractivity (Wildman–Crippen MR) is 50.2 cm³/mol. The summed E-state index contributed by atoms with van der Waals surface area (Å²) in [5.41, 5.74) is 2.47. The van der Waals surface area contributed by atoms with E-state index in [-0.39, 0.29) is 5.82 Å². The highest BCUT2D eigenvalue weighted by Crippen LogP contribution is 2.22. The van der Waals surface area contributed by atoms with Crippen LogP contribution in [0.15, 0.2) is 12.1 Å². The summed E-state index contributed by atoms with van der Waals surface area (Å²) in [7, 11) is 0. The Bertz CT molecular complexity index is 445. The molecule has 0 radical (unpaired) electrons. The van der Waals surface area contributed by atoms with E-state index in [0.717, 1.165) is 22.2 Å². The van der Waals surface area contributed by atoms with Crippen molar-refractivity contribution in [3.8, 4) is 0 Å². The molecule has 0 fully saturated rings. The first-order valence-corrected chi connectivity index (χ1v) is 4.36. The summed E-state index contributed by atoms with van der Waals surface area (Å²) in [6.07, 6.45) is 0.685. The molecule has 2 aromatic rings. The molecule has 1 heterocycles. The van der Waals surface area contributed by atoms with Gasteiger partial charge in [0.15, 0.2) is 0 Å². The quantitative estimate of drug-likeness (QED) is 0.714. The number of fused-ring (bicyclic) bond motifs is 1. The van der Waals surface area contributed by atoms with E-state index in [1.54, 1.807) is 6.07 Å². The summed E-state index contributed by atoms with van der Waals surface area (Å²) >= 11 is 0. The van der Waals surface area contributed by atoms with E-state index in [1.165, 1.54) is 6.07 Å². The van der Waals surface area contributed by atoms with Crippen LogP contribution in [0.4, 0.5) is 4.39 Å². The number of benzene rings is 1. The molecule has 0 amide bonds. The van der Waals surface area contributed by atoms with Crippen molar-refractivity contribution in [2.75, 3.05) is 0 Å². The number of hydrogen-bond donors (Lipinski definition) is 1. The fraction of sp³-hybridized carbons (Fsp3) is 0.300. The molecule has 3 heteroatoms. The van der Waals surface area contributed by atoms with Crippen molar-refractivity contribution < 1.29 is 4.39 Å². The highest BCUT2D eigenvalue weighted by atomic mass is 19.1. The fourth-order valence-electron chi connectivity index (χ4n) is 1.60. The Morgan fingerprint density at radius 2 is 2.23 bits per heavy atom. The van der Waals surface area contributed by atoms with Crippen LogP contribution in [0.25, 0.3) is 10.9 Å². The maximum absolute atomic E-state index is 13.3. The van der Waals surface area contributed by atoms with Crippen molar-refractivity contribution in [2.45, 2.75) is 20.3 Å². The molecule has 0 saturated carbocycles. The molecule has 1 aromatic heterocycles. The third kappa shape index (κ3) is 1.11. The van der Waals surface area contributed by atoms with Crippen molar-refractivity contribution in [1.29, 1.82) is 0 Å². The monoisotopic (exact) mass is 178 g/mol. The van der Waals surface area contributed by atoms with Crippen LogP contribution in [-0.2, 0) is 6.42 Å². The molecule has 0 spiro atoms. The normalized spacial score (nSPS) is 11.0. The zero-order chi connectivity index (χ0) is 9.42. The van der Waals surface area contributed by atoms with Gasteiger partial charge in [0.25, 0.3) is 0 Å². The lowest BCUT2D eigenvalue weighted by Gasteiger charge is -2.00. The van der Waals surface area contributed by atoms with E-state index < -0.39 is 0 Å². The van der Waals surface area contributed by atoms with Gasteiger partial charge in [-0.2, -0.15) is 5.10 Å². The van der Waals surface area contributed by atoms with Gasteiger partial charge in [0, 0.05) is 10.9 Å². The summed E-state index contributed by atoms with van der Waals surface area (Å²) in [5, 5.41) is 7.92. The maximum atomic E-state index is 13.3. The third-order valence-electron chi connectivity index (χ3n) is 2.33. The fourth-order valence-corrected chi connectivity index (χ4v) is 1.60. The summed E-state index contributed by atoms with van der Waals surface area (Å²) in [6, 6.07) is 3.27. The zero-order valence-corrected chi connectivity index (χ0v) is 7.69. The van der Waals surface area contributed by atoms with Crippen LogP contribution in [0.2, 0.25) is 0 Å². The molecular formula is C10H11FN2. The molecule has 0 aliphatic rings. The Hall–Kier alpha value is -1.38. The van der Waals surface area contributed by atoms with Gasteiger partial charge in [0.2, 0.25) is 0 Å². The summed E-state index contributed by atoms with van der Waals surface area (Å²) in [6.45, 7) is 3.85. The van der Waals surface area contributed by atoms with Gasteiger partial charge in [-0.15, -0.1) is 0 Å². The Morgan fingerprint density at radius 1 is 1.46 bits per heavy atom. The molecule has 1 aromatic carbocycles. The largest absolute Gasteiger partial charge is 0.277 e. The number of aromatic nitrogens is 2. The lowest BCUT2D eigenvalue weighted by atomic mass is 10.1. The van der Waals surface area contributed by atoms with Crippen molar-refractivity contribution in [3.05, 3.63) is 29.2 Å². The van der Waals surface area contributed by atoms with Gasteiger partial charge in [-0.3, -0.25) is 5.10 Å². The number of H-pyrrole nitrogens is 1. The van der Waals surface area contributed by atoms with Gasteiger partial charge in [-0.25, -0.2) is 4.39 Å². The average Bonchev–Trinajstić information content (AvgIpc) is 2.48. The number of hydrogen-bond acceptors (Lipinski definition) is 1. The van der Waals surface area contributed by atoms with E-state index in [4.69, 9.17) is 0 Å². The van der Waals surface area contributed by atoms with E-state index >= 15 is 0 Å². The van der Waals surface area contributed by atoms with Gasteiger partial charge in [-0.1, -0.05) is 6.92 Å². The first kappa shape index (κ1) is 8.23. The summed E-state index contributed by atoms with van der Waals surface area (Å²) < 4.78 is 13.3. The SMILES string of the molecule is CCc1c(F)ccc2c(C)n[nH]c12. The predicted octanol–water partition coefficient (Wildman–Crippen LogP) is 2.57. The van der Waals surface area contributed by atoms with Crippen LogP contribution in [-0.4, -0.2) is 10.2 Å². The highest BCUT2D eigenvalue weighted by Gasteiger charge is 2.08. The molecular weight excluding hydrogens is 167 g/mol. The number of aryl methyl sites for hydroxylation is 2. The molecule has 0 aliphatic carbocycles. The number of aromatic amines is 1. The number of nitrogens with one attached hydrogen (secondary N) is 1. The smallest absolute Gasteiger partial charge is 0.128 e. The standard InChI is InChI=1S/C10H11FN2/c1-3-7-9(11)5-4-8-6(2)12-13-10(7)8/h4-5H,3H2,1-2H3,(H,12,13). The minimum atomic E-state index is -0.154. The van der Waals surface area contributed by atoms with E-state index in [1.807, 2.05) is 13.8 Å². The minimum Gasteiger partial charge on any atom is -0.277 e. The average molecular weight is 178 g/mol. The summed E-state index contributed by atoms with van der Waals surface area (Å²) in [5.74, 6) is -0.154. The Kier molecular flexibility index (Phi) is 1.79. The van der Waals surface area contributed by atoms with Crippen LogP contribution < -0.4 is 0 Å². The lowest BCUT2D eigenvalue weighted by Crippen LogP contribution is -1.88. The highest BCUT2D eigenvalue weighted by molar-refractivity contribution is 5.84. The van der Waals surface area contributed by atoms with Gasteiger partial charge in [-0.05, 0) is 25.5 Å². The van der Waals surface area contributed by atoms with Crippen LogP contribution in [0, 0.1) is 12.7 Å². The lowest BCUT2D eigenvalue weighted by molar-refractivity contribution is 0.614. The van der Waals surface area contributed by atoms with Crippen LogP contribution in [0.1, 0.15) is 18.2 Å². The molecule has 1 N–H and O–H groups in total. The van der Waals surface area contributed by atoms with Crippen molar-refractivity contribution >= 4 is 10.9 Å². The minimum absolute atomic E-state index is 0.154. The molecule has 2 nitrogen and oxygen atoms in total. The zero-order valence-electron chi connectivity index (χ0n) is 7.69. The second kappa shape index (κ2) is 2.83. The molecule has 13 heavy (non-hydrogen) atoms. The van der Waals surface area contributed by atoms with Crippen molar-refractivity contribution in [2.24, 2.45) is 0 Å². The molecule has 0 saturated heterocycles. The molecule has 68 valence electrons. The maximum Gasteiger partial charge on any atom is 0.128 e. The van der Waals surface area contributed by atoms with Crippen LogP contribution in [0.5, 0.6) is 0 Å². The van der Waals surface area contributed by atoms with E-state index in [0.29, 0.717) is 6.42 Å². The molecule has 2 rings (SSSR count). The van der Waals surface area contributed by atoms with Gasteiger partial charge in [0.05, 0.1) is 11.2 Å². The Labute approximate surface area is 75.8 Å². The van der Waals surface area contributed by atoms with Crippen molar-refractivity contribution in [3.63, 3.8) is 0 Å². The second-order valence-electron chi connectivity index (χ2n) is 3.11. The topological polar surface area (TPSA) is 28.7 Å². The molecule has 0 aliphatic heterocycles. The molecule has 0 unspecified atom stereocenters.